The van der Waals surface area contributed by atoms with Gasteiger partial charge in [-0.05, 0) is 74.2 Å². The Balaban J connectivity index is 0.000000182. The molecule has 2 aliphatic rings. The zero-order valence-electron chi connectivity index (χ0n) is 40.9. The van der Waals surface area contributed by atoms with Crippen molar-refractivity contribution in [2.24, 2.45) is 11.8 Å². The predicted molar refractivity (Wildman–Crippen MR) is 279 cm³/mol. The lowest BCUT2D eigenvalue weighted by atomic mass is 9.97. The molecule has 0 bridgehead atoms. The number of fused-ring (bicyclic) bond motifs is 2. The largest absolute Gasteiger partial charge is 0.490 e. The Hall–Kier alpha value is -9.76. The molecule has 2 fully saturated rings. The second-order valence-corrected chi connectivity index (χ2v) is 17.6. The number of hydrogen-bond donors (Lipinski definition) is 10. The van der Waals surface area contributed by atoms with Crippen LogP contribution in [0.2, 0.25) is 0 Å². The van der Waals surface area contributed by atoms with Crippen molar-refractivity contribution in [3.63, 3.8) is 0 Å². The number of alkyl halides is 6. The van der Waals surface area contributed by atoms with Gasteiger partial charge in [-0.3, -0.25) is 19.8 Å². The molecule has 0 radical (unpaired) electrons. The van der Waals surface area contributed by atoms with E-state index in [0.717, 1.165) is 83.1 Å². The fraction of sp³-hybridized carbons (Fsp3) is 0.240. The van der Waals surface area contributed by atoms with Crippen molar-refractivity contribution in [3.8, 4) is 22.5 Å². The Morgan fingerprint density at radius 1 is 0.538 bits per heavy atom. The summed E-state index contributed by atoms with van der Waals surface area (Å²) < 4.78 is 63.5. The molecular weight excluding hydrogens is 1030 g/mol. The van der Waals surface area contributed by atoms with E-state index in [9.17, 15) is 35.9 Å². The van der Waals surface area contributed by atoms with Crippen LogP contribution in [0.25, 0.3) is 44.3 Å². The number of anilines is 8. The second-order valence-electron chi connectivity index (χ2n) is 17.6. The Kier molecular flexibility index (Phi) is 17.4. The van der Waals surface area contributed by atoms with Gasteiger partial charge in [-0.1, -0.05) is 48.5 Å². The van der Waals surface area contributed by atoms with Crippen LogP contribution in [0.15, 0.2) is 109 Å². The van der Waals surface area contributed by atoms with Crippen molar-refractivity contribution in [2.75, 3.05) is 69.5 Å². The number of carbonyl (C=O) groups excluding carboxylic acids is 2. The number of para-hydroxylation sites is 2. The summed E-state index contributed by atoms with van der Waals surface area (Å²) in [5.74, 6) is -3.00. The van der Waals surface area contributed by atoms with Gasteiger partial charge >= 0.3 is 24.3 Å². The number of nitrogen functional groups attached to an aromatic ring is 4. The molecule has 6 heterocycles. The van der Waals surface area contributed by atoms with Gasteiger partial charge < -0.3 is 53.6 Å². The smallest absolute Gasteiger partial charge is 0.475 e. The van der Waals surface area contributed by atoms with Crippen LogP contribution in [0.5, 0.6) is 0 Å². The van der Waals surface area contributed by atoms with E-state index < -0.39 is 24.3 Å². The predicted octanol–water partition coefficient (Wildman–Crippen LogP) is 7.35. The molecule has 0 spiro atoms. The average molecular weight is 1090 g/mol. The van der Waals surface area contributed by atoms with E-state index in [-0.39, 0.29) is 35.5 Å². The van der Waals surface area contributed by atoms with Crippen LogP contribution in [0.3, 0.4) is 0 Å². The Labute approximate surface area is 438 Å². The zero-order valence-corrected chi connectivity index (χ0v) is 40.9. The highest BCUT2D eigenvalue weighted by atomic mass is 19.4. The first kappa shape index (κ1) is 56.0. The van der Waals surface area contributed by atoms with Gasteiger partial charge in [0.15, 0.2) is 11.6 Å². The maximum absolute atomic E-state index is 12.8. The molecule has 408 valence electrons. The summed E-state index contributed by atoms with van der Waals surface area (Å²) in [4.78, 5) is 65.4. The lowest BCUT2D eigenvalue weighted by Gasteiger charge is -2.33. The van der Waals surface area contributed by atoms with Gasteiger partial charge in [0.25, 0.3) is 0 Å². The highest BCUT2D eigenvalue weighted by Crippen LogP contribution is 2.32. The molecule has 2 saturated heterocycles. The number of H-pyrrole nitrogens is 2. The number of carboxylic acids is 2. The molecular formula is C50H50F6N16O6. The van der Waals surface area contributed by atoms with E-state index in [1.54, 1.807) is 0 Å². The number of hydrogen-bond acceptors (Lipinski definition) is 16. The fourth-order valence-corrected chi connectivity index (χ4v) is 8.26. The summed E-state index contributed by atoms with van der Waals surface area (Å²) >= 11 is 0. The first-order chi connectivity index (χ1) is 37.0. The van der Waals surface area contributed by atoms with Crippen LogP contribution in [0, 0.1) is 11.8 Å². The number of nitrogens with one attached hydrogen (secondary N) is 4. The van der Waals surface area contributed by atoms with Crippen LogP contribution in [0.1, 0.15) is 25.7 Å². The van der Waals surface area contributed by atoms with Gasteiger partial charge in [0.2, 0.25) is 23.7 Å². The number of nitrogens with two attached hydrogens (primary N) is 4. The third-order valence-corrected chi connectivity index (χ3v) is 12.0. The van der Waals surface area contributed by atoms with Crippen molar-refractivity contribution >= 4 is 92.1 Å². The van der Waals surface area contributed by atoms with Gasteiger partial charge in [0, 0.05) is 71.6 Å². The Morgan fingerprint density at radius 2 is 0.897 bits per heavy atom. The van der Waals surface area contributed by atoms with Crippen LogP contribution in [-0.4, -0.2) is 113 Å². The normalized spacial score (nSPS) is 15.4. The van der Waals surface area contributed by atoms with Gasteiger partial charge in [-0.25, -0.2) is 19.6 Å². The first-order valence-electron chi connectivity index (χ1n) is 23.6. The minimum Gasteiger partial charge on any atom is -0.475 e. The van der Waals surface area contributed by atoms with Crippen molar-refractivity contribution in [3.05, 3.63) is 109 Å². The van der Waals surface area contributed by atoms with E-state index in [0.29, 0.717) is 47.7 Å². The molecule has 22 nitrogen and oxygen atoms in total. The molecule has 2 aliphatic heterocycles. The van der Waals surface area contributed by atoms with Gasteiger partial charge in [0.1, 0.15) is 11.6 Å². The SMILES string of the molecule is Nc1nc(-c2ccc3c(N)n[nH]c3c2)cc(N2CCC[C@@H](C(=O)Nc3ccccc3)C2)n1.Nc1nc(-c2ccc3c(N)n[nH]c3c2)cc(N2CCC[C@@H](C(=O)Nc3ccccc3)C2)n1.O=C(O)C(F)(F)F.O=C(O)C(F)(F)F. The lowest BCUT2D eigenvalue weighted by Crippen LogP contribution is -2.41. The van der Waals surface area contributed by atoms with Crippen molar-refractivity contribution in [1.29, 1.82) is 0 Å². The Morgan fingerprint density at radius 3 is 1.24 bits per heavy atom. The maximum Gasteiger partial charge on any atom is 0.490 e. The molecule has 4 aromatic heterocycles. The quantitative estimate of drug-likeness (QED) is 0.0665. The number of rotatable bonds is 8. The molecule has 14 N–H and O–H groups in total. The van der Waals surface area contributed by atoms with E-state index >= 15 is 0 Å². The lowest BCUT2D eigenvalue weighted by molar-refractivity contribution is -0.193. The minimum absolute atomic E-state index is 0.0189. The number of carboxylic acid groups (broad SMARTS) is 2. The van der Waals surface area contributed by atoms with Crippen molar-refractivity contribution in [2.45, 2.75) is 38.0 Å². The van der Waals surface area contributed by atoms with Gasteiger partial charge in [-0.15, -0.1) is 0 Å². The number of amides is 2. The third-order valence-electron chi connectivity index (χ3n) is 12.0. The molecule has 4 aromatic carbocycles. The molecule has 10 rings (SSSR count). The van der Waals surface area contributed by atoms with Crippen LogP contribution < -0.4 is 43.4 Å². The van der Waals surface area contributed by atoms with E-state index in [1.165, 1.54) is 0 Å². The summed E-state index contributed by atoms with van der Waals surface area (Å²) in [6.07, 6.45) is -6.71. The summed E-state index contributed by atoms with van der Waals surface area (Å²) in [7, 11) is 0. The molecule has 0 unspecified atom stereocenters. The highest BCUT2D eigenvalue weighted by Gasteiger charge is 2.39. The number of aliphatic carboxylic acids is 2. The molecule has 0 saturated carbocycles. The Bertz CT molecular complexity index is 3180. The fourth-order valence-electron chi connectivity index (χ4n) is 8.26. The topological polar surface area (TPSA) is 352 Å². The third kappa shape index (κ3) is 14.8. The molecule has 78 heavy (non-hydrogen) atoms. The average Bonchev–Trinajstić information content (AvgIpc) is 3.99. The summed E-state index contributed by atoms with van der Waals surface area (Å²) in [5.41, 5.74) is 30.3. The first-order valence-corrected chi connectivity index (χ1v) is 23.6. The summed E-state index contributed by atoms with van der Waals surface area (Å²) in [5, 5.41) is 35.9. The van der Waals surface area contributed by atoms with Gasteiger partial charge in [-0.2, -0.15) is 46.5 Å². The summed E-state index contributed by atoms with van der Waals surface area (Å²) in [6.45, 7) is 2.76. The summed E-state index contributed by atoms with van der Waals surface area (Å²) in [6, 6.07) is 34.4. The number of nitrogens with zero attached hydrogens (tertiary/aromatic N) is 8. The number of aromatic amines is 2. The standard InChI is InChI=1S/2C23H24N8O.2C2HF3O2/c2*24-21-17-9-8-14(11-19(17)29-30-21)18-12-20(28-23(25)27-18)31-10-4-5-15(13-31)22(32)26-16-6-2-1-3-7-16;2*3-2(4,5)1(6)7/h2*1-3,6-9,11-12,15H,4-5,10,13H2,(H,26,32)(H3,24,29,30)(H2,25,27,28);2*(H,6,7)/t2*15-;;/m11../s1. The van der Waals surface area contributed by atoms with Crippen molar-refractivity contribution in [1.82, 2.24) is 40.3 Å². The monoisotopic (exact) mass is 1080 g/mol. The number of aromatic nitrogens is 8. The maximum atomic E-state index is 12.8. The van der Waals surface area contributed by atoms with Crippen LogP contribution >= 0.6 is 0 Å². The van der Waals surface area contributed by atoms with Crippen molar-refractivity contribution < 1.29 is 55.7 Å². The number of piperidine rings is 2. The molecule has 0 aliphatic carbocycles. The molecule has 8 aromatic rings. The highest BCUT2D eigenvalue weighted by molar-refractivity contribution is 5.95. The van der Waals surface area contributed by atoms with E-state index in [4.69, 9.17) is 42.7 Å². The van der Waals surface area contributed by atoms with E-state index in [1.807, 2.05) is 109 Å². The number of benzene rings is 4. The zero-order chi connectivity index (χ0) is 56.3. The molecule has 2 atom stereocenters. The minimum atomic E-state index is -5.08. The molecule has 28 heteroatoms. The van der Waals surface area contributed by atoms with Crippen LogP contribution in [0.4, 0.5) is 72.9 Å². The number of halogens is 6. The van der Waals surface area contributed by atoms with E-state index in [2.05, 4.69) is 60.8 Å². The molecule has 2 amide bonds. The van der Waals surface area contributed by atoms with Gasteiger partial charge in [0.05, 0.1) is 34.3 Å². The van der Waals surface area contributed by atoms with Crippen LogP contribution in [-0.2, 0) is 19.2 Å². The second kappa shape index (κ2) is 24.3. The number of carbonyl (C=O) groups is 4.